The topological polar surface area (TPSA) is 52.7 Å². The number of hydrogen-bond acceptors (Lipinski definition) is 3. The van der Waals surface area contributed by atoms with E-state index in [9.17, 15) is 22.8 Å². The summed E-state index contributed by atoms with van der Waals surface area (Å²) in [6.45, 7) is 0.992. The second kappa shape index (κ2) is 11.2. The molecule has 1 saturated heterocycles. The van der Waals surface area contributed by atoms with E-state index in [2.05, 4.69) is 12.2 Å². The van der Waals surface area contributed by atoms with Crippen LogP contribution in [0, 0.1) is 0 Å². The lowest BCUT2D eigenvalue weighted by molar-refractivity contribution is -0.203. The number of benzene rings is 3. The molecular formula is C31H32F3N3O2. The molecule has 1 fully saturated rings. The maximum atomic E-state index is 14.1. The molecule has 2 aliphatic rings. The van der Waals surface area contributed by atoms with E-state index in [1.807, 2.05) is 42.5 Å². The van der Waals surface area contributed by atoms with Crippen LogP contribution in [0.1, 0.15) is 59.2 Å². The van der Waals surface area contributed by atoms with Crippen LogP contribution in [0.25, 0.3) is 11.1 Å². The van der Waals surface area contributed by atoms with Gasteiger partial charge < -0.3 is 5.32 Å². The fourth-order valence-electron chi connectivity index (χ4n) is 5.62. The van der Waals surface area contributed by atoms with E-state index < -0.39 is 24.5 Å². The minimum absolute atomic E-state index is 0.125. The molecule has 1 unspecified atom stereocenters. The van der Waals surface area contributed by atoms with E-state index in [1.54, 1.807) is 30.3 Å². The number of alkyl halides is 3. The minimum atomic E-state index is -4.57. The number of amides is 2. The molecule has 5 nitrogen and oxygen atoms in total. The molecular weight excluding hydrogens is 503 g/mol. The Morgan fingerprint density at radius 3 is 2.33 bits per heavy atom. The molecule has 8 heteroatoms. The zero-order valence-corrected chi connectivity index (χ0v) is 21.9. The second-order valence-corrected chi connectivity index (χ2v) is 10.3. The number of nitrogens with zero attached hydrogens (tertiary/aromatic N) is 2. The Labute approximate surface area is 226 Å². The van der Waals surface area contributed by atoms with E-state index >= 15 is 0 Å². The van der Waals surface area contributed by atoms with Crippen molar-refractivity contribution in [3.05, 3.63) is 95.1 Å². The number of nitrogens with one attached hydrogen (secondary N) is 1. The van der Waals surface area contributed by atoms with Crippen molar-refractivity contribution in [1.29, 1.82) is 0 Å². The summed E-state index contributed by atoms with van der Waals surface area (Å²) in [5.74, 6) is -1.69. The Balaban J connectivity index is 1.41. The molecule has 5 rings (SSSR count). The summed E-state index contributed by atoms with van der Waals surface area (Å²) in [4.78, 5) is 26.6. The average Bonchev–Trinajstić information content (AvgIpc) is 3.24. The molecule has 1 atom stereocenters. The van der Waals surface area contributed by atoms with E-state index in [0.29, 0.717) is 5.56 Å². The van der Waals surface area contributed by atoms with Crippen LogP contribution in [-0.4, -0.2) is 53.7 Å². The van der Waals surface area contributed by atoms with Gasteiger partial charge in [-0.1, -0.05) is 80.4 Å². The van der Waals surface area contributed by atoms with Gasteiger partial charge in [-0.3, -0.25) is 14.6 Å². The van der Waals surface area contributed by atoms with Crippen LogP contribution in [0.5, 0.6) is 0 Å². The van der Waals surface area contributed by atoms with Crippen molar-refractivity contribution in [2.45, 2.75) is 50.7 Å². The zero-order valence-electron chi connectivity index (χ0n) is 21.9. The van der Waals surface area contributed by atoms with Gasteiger partial charge in [-0.15, -0.1) is 0 Å². The minimum Gasteiger partial charge on any atom is -0.347 e. The smallest absolute Gasteiger partial charge is 0.347 e. The number of rotatable bonds is 9. The quantitative estimate of drug-likeness (QED) is 0.345. The first-order valence-electron chi connectivity index (χ1n) is 13.5. The Morgan fingerprint density at radius 1 is 0.923 bits per heavy atom. The number of carbonyl (C=O) groups is 2. The highest BCUT2D eigenvalue weighted by Gasteiger charge is 2.46. The van der Waals surface area contributed by atoms with Gasteiger partial charge in [0, 0.05) is 18.7 Å². The fourth-order valence-corrected chi connectivity index (χ4v) is 5.62. The third-order valence-corrected chi connectivity index (χ3v) is 7.50. The predicted molar refractivity (Wildman–Crippen MR) is 144 cm³/mol. The molecule has 0 bridgehead atoms. The van der Waals surface area contributed by atoms with Crippen LogP contribution in [0.2, 0.25) is 0 Å². The number of hydrazine groups is 1. The number of hydrogen-bond donors (Lipinski definition) is 1. The Bertz CT molecular complexity index is 1340. The maximum absolute atomic E-state index is 14.1. The standard InChI is InChI=1S/C31H32F3N3O2/c1-2-3-5-11-21-14-10-17-25-24-15-8-9-16-26(24)28(27(21)25)30(39)37(20-31(32,33)34)36-18-23(19-36)35-29(38)22-12-6-4-7-13-22/h4,6-10,12-17,23,28H,2-3,5,11,18-20H2,1H3,(H,35,38). The first-order chi connectivity index (χ1) is 18.8. The fraction of sp³-hybridized carbons (Fsp3) is 0.355. The lowest BCUT2D eigenvalue weighted by Gasteiger charge is -2.47. The summed E-state index contributed by atoms with van der Waals surface area (Å²) in [6, 6.07) is 21.7. The summed E-state index contributed by atoms with van der Waals surface area (Å²) in [5, 5.41) is 5.12. The lowest BCUT2D eigenvalue weighted by atomic mass is 9.89. The molecule has 39 heavy (non-hydrogen) atoms. The number of unbranched alkanes of at least 4 members (excludes halogenated alkanes) is 2. The van der Waals surface area contributed by atoms with Crippen LogP contribution < -0.4 is 5.32 Å². The van der Waals surface area contributed by atoms with E-state index in [1.165, 1.54) is 5.01 Å². The molecule has 1 aliphatic carbocycles. The Morgan fingerprint density at radius 2 is 1.62 bits per heavy atom. The van der Waals surface area contributed by atoms with Gasteiger partial charge in [0.1, 0.15) is 6.54 Å². The third kappa shape index (κ3) is 5.71. The normalized spacial score (nSPS) is 16.8. The highest BCUT2D eigenvalue weighted by molar-refractivity contribution is 5.97. The van der Waals surface area contributed by atoms with Crippen molar-refractivity contribution >= 4 is 11.8 Å². The van der Waals surface area contributed by atoms with Gasteiger partial charge in [-0.25, -0.2) is 5.01 Å². The molecule has 1 N–H and O–H groups in total. The summed E-state index contributed by atoms with van der Waals surface area (Å²) in [6.07, 6.45) is -0.764. The molecule has 3 aromatic carbocycles. The van der Waals surface area contributed by atoms with Crippen molar-refractivity contribution in [3.8, 4) is 11.1 Å². The average molecular weight is 536 g/mol. The van der Waals surface area contributed by atoms with Gasteiger partial charge in [0.2, 0.25) is 5.91 Å². The molecule has 0 spiro atoms. The molecule has 0 aromatic heterocycles. The second-order valence-electron chi connectivity index (χ2n) is 10.3. The molecule has 2 amide bonds. The monoisotopic (exact) mass is 535 g/mol. The first-order valence-corrected chi connectivity index (χ1v) is 13.5. The number of aryl methyl sites for hydroxylation is 1. The predicted octanol–water partition coefficient (Wildman–Crippen LogP) is 5.95. The van der Waals surface area contributed by atoms with Gasteiger partial charge in [-0.2, -0.15) is 13.2 Å². The Kier molecular flexibility index (Phi) is 7.75. The van der Waals surface area contributed by atoms with Crippen molar-refractivity contribution in [3.63, 3.8) is 0 Å². The van der Waals surface area contributed by atoms with Crippen LogP contribution in [0.15, 0.2) is 72.8 Å². The molecule has 1 aliphatic heterocycles. The summed E-state index contributed by atoms with van der Waals surface area (Å²) in [7, 11) is 0. The molecule has 1 heterocycles. The number of halogens is 3. The van der Waals surface area contributed by atoms with Gasteiger partial charge in [0.15, 0.2) is 0 Å². The summed E-state index contributed by atoms with van der Waals surface area (Å²) >= 11 is 0. The van der Waals surface area contributed by atoms with Crippen molar-refractivity contribution in [1.82, 2.24) is 15.3 Å². The van der Waals surface area contributed by atoms with Crippen LogP contribution >= 0.6 is 0 Å². The Hall–Kier alpha value is -3.65. The van der Waals surface area contributed by atoms with Gasteiger partial charge in [0.05, 0.1) is 12.0 Å². The van der Waals surface area contributed by atoms with Gasteiger partial charge >= 0.3 is 6.18 Å². The highest BCUT2D eigenvalue weighted by atomic mass is 19.4. The molecule has 3 aromatic rings. The summed E-state index contributed by atoms with van der Waals surface area (Å²) in [5.41, 5.74) is 4.87. The van der Waals surface area contributed by atoms with Crippen LogP contribution in [0.3, 0.4) is 0 Å². The van der Waals surface area contributed by atoms with E-state index in [0.717, 1.165) is 58.5 Å². The molecule has 0 radical (unpaired) electrons. The largest absolute Gasteiger partial charge is 0.407 e. The van der Waals surface area contributed by atoms with Crippen molar-refractivity contribution < 1.29 is 22.8 Å². The van der Waals surface area contributed by atoms with Gasteiger partial charge in [-0.05, 0) is 52.8 Å². The summed E-state index contributed by atoms with van der Waals surface area (Å²) < 4.78 is 41.4. The number of carbonyl (C=O) groups excluding carboxylic acids is 2. The number of fused-ring (bicyclic) bond motifs is 3. The van der Waals surface area contributed by atoms with Crippen LogP contribution in [0.4, 0.5) is 13.2 Å². The third-order valence-electron chi connectivity index (χ3n) is 7.50. The van der Waals surface area contributed by atoms with Crippen LogP contribution in [-0.2, 0) is 11.2 Å². The van der Waals surface area contributed by atoms with E-state index in [4.69, 9.17) is 0 Å². The molecule has 204 valence electrons. The SMILES string of the molecule is CCCCCc1cccc2c1C(C(=O)N(CC(F)(F)F)N1CC(NC(=O)c3ccccc3)C1)c1ccccc1-2. The van der Waals surface area contributed by atoms with Crippen molar-refractivity contribution in [2.24, 2.45) is 0 Å². The maximum Gasteiger partial charge on any atom is 0.407 e. The van der Waals surface area contributed by atoms with E-state index in [-0.39, 0.29) is 25.0 Å². The molecule has 0 saturated carbocycles. The highest BCUT2D eigenvalue weighted by Crippen LogP contribution is 2.47. The van der Waals surface area contributed by atoms with Crippen molar-refractivity contribution in [2.75, 3.05) is 19.6 Å². The zero-order chi connectivity index (χ0) is 27.6. The lowest BCUT2D eigenvalue weighted by Crippen LogP contribution is -2.67. The van der Waals surface area contributed by atoms with Gasteiger partial charge in [0.25, 0.3) is 5.91 Å². The first kappa shape index (κ1) is 26.9.